The maximum atomic E-state index is 13.6. The molecule has 0 saturated heterocycles. The van der Waals surface area contributed by atoms with E-state index in [1.807, 2.05) is 42.5 Å². The van der Waals surface area contributed by atoms with Crippen molar-refractivity contribution in [1.29, 1.82) is 0 Å². The van der Waals surface area contributed by atoms with Crippen molar-refractivity contribution in [2.45, 2.75) is 0 Å². The van der Waals surface area contributed by atoms with E-state index in [1.165, 1.54) is 22.3 Å². The minimum atomic E-state index is 0.0833. The molecule has 0 atom stereocenters. The molecule has 0 unspecified atom stereocenters. The summed E-state index contributed by atoms with van der Waals surface area (Å²) >= 11 is 0. The lowest BCUT2D eigenvalue weighted by atomic mass is 9.87. The molecule has 38 heavy (non-hydrogen) atoms. The number of carbonyl (C=O) groups excluding carboxylic acids is 1. The first kappa shape index (κ1) is 22.2. The van der Waals surface area contributed by atoms with Crippen molar-refractivity contribution in [3.05, 3.63) is 162 Å². The third kappa shape index (κ3) is 3.86. The van der Waals surface area contributed by atoms with Crippen LogP contribution in [0, 0.1) is 0 Å². The number of hydrogen-bond acceptors (Lipinski definition) is 1. The zero-order chi connectivity index (χ0) is 25.5. The monoisotopic (exact) mass is 484 g/mol. The molecule has 0 N–H and O–H groups in total. The number of hydrogen-bond donors (Lipinski definition) is 0. The Morgan fingerprint density at radius 1 is 0.368 bits per heavy atom. The summed E-state index contributed by atoms with van der Waals surface area (Å²) in [5.41, 5.74) is 12.7. The van der Waals surface area contributed by atoms with Crippen LogP contribution in [0.2, 0.25) is 0 Å². The molecule has 0 aromatic heterocycles. The van der Waals surface area contributed by atoms with Crippen LogP contribution in [0.1, 0.15) is 16.7 Å². The number of Topliss-reactive ketones (excluding diaryl/α,β-unsaturated/α-hetero) is 1. The second-order valence-electron chi connectivity index (χ2n) is 9.74. The fraction of sp³-hybridized carbons (Fsp3) is 0. The van der Waals surface area contributed by atoms with E-state index in [4.69, 9.17) is 0 Å². The SMILES string of the molecule is O=C1C2=Cc3cc(-c4ccc(-c5ccccc5)cc4)ccc3C2=CC=C1c1ccc(-c2ccccc2)cc1. The molecule has 7 rings (SSSR count). The number of benzene rings is 5. The van der Waals surface area contributed by atoms with Crippen molar-refractivity contribution in [3.63, 3.8) is 0 Å². The summed E-state index contributed by atoms with van der Waals surface area (Å²) in [5, 5.41) is 0. The fourth-order valence-corrected chi connectivity index (χ4v) is 5.43. The van der Waals surface area contributed by atoms with Crippen molar-refractivity contribution in [2.24, 2.45) is 0 Å². The van der Waals surface area contributed by atoms with E-state index in [0.717, 1.165) is 44.5 Å². The Morgan fingerprint density at radius 3 is 1.39 bits per heavy atom. The first-order valence-electron chi connectivity index (χ1n) is 12.9. The molecule has 1 heteroatoms. The predicted octanol–water partition coefficient (Wildman–Crippen LogP) is 9.13. The normalized spacial score (nSPS) is 13.8. The molecule has 2 aliphatic carbocycles. The molecular formula is C37H24O. The smallest absolute Gasteiger partial charge is 0.194 e. The quantitative estimate of drug-likeness (QED) is 0.249. The average molecular weight is 485 g/mol. The van der Waals surface area contributed by atoms with Crippen LogP contribution in [0.25, 0.3) is 50.6 Å². The molecule has 5 aromatic carbocycles. The molecule has 0 aliphatic heterocycles. The van der Waals surface area contributed by atoms with Gasteiger partial charge in [-0.15, -0.1) is 0 Å². The van der Waals surface area contributed by atoms with Crippen molar-refractivity contribution >= 4 is 23.0 Å². The standard InChI is InChI=1S/C37H24O/c38-37-34(30-17-15-28(16-18-30)26-9-5-2-6-10-26)21-22-35-33-20-19-31(23-32(33)24-36(35)37)29-13-11-27(12-14-29)25-7-3-1-4-8-25/h1-24H. The number of fused-ring (bicyclic) bond motifs is 3. The molecule has 0 bridgehead atoms. The highest BCUT2D eigenvalue weighted by Gasteiger charge is 2.29. The molecular weight excluding hydrogens is 460 g/mol. The first-order chi connectivity index (χ1) is 18.7. The Labute approximate surface area is 222 Å². The molecule has 5 aromatic rings. The van der Waals surface area contributed by atoms with Crippen LogP contribution in [0.5, 0.6) is 0 Å². The zero-order valence-electron chi connectivity index (χ0n) is 20.8. The predicted molar refractivity (Wildman–Crippen MR) is 158 cm³/mol. The molecule has 0 radical (unpaired) electrons. The van der Waals surface area contributed by atoms with Gasteiger partial charge in [0.15, 0.2) is 5.78 Å². The van der Waals surface area contributed by atoms with Gasteiger partial charge in [0.05, 0.1) is 0 Å². The minimum Gasteiger partial charge on any atom is -0.289 e. The van der Waals surface area contributed by atoms with Gasteiger partial charge in [-0.25, -0.2) is 0 Å². The van der Waals surface area contributed by atoms with Crippen LogP contribution < -0.4 is 0 Å². The van der Waals surface area contributed by atoms with Gasteiger partial charge in [-0.1, -0.05) is 127 Å². The molecule has 0 amide bonds. The third-order valence-electron chi connectivity index (χ3n) is 7.47. The molecule has 1 nitrogen and oxygen atoms in total. The van der Waals surface area contributed by atoms with Crippen LogP contribution in [0.3, 0.4) is 0 Å². The third-order valence-corrected chi connectivity index (χ3v) is 7.47. The summed E-state index contributed by atoms with van der Waals surface area (Å²) in [5.74, 6) is 0.0833. The average Bonchev–Trinajstić information content (AvgIpc) is 3.37. The number of ketones is 1. The molecule has 0 spiro atoms. The summed E-state index contributed by atoms with van der Waals surface area (Å²) in [7, 11) is 0. The Morgan fingerprint density at radius 2 is 0.816 bits per heavy atom. The second-order valence-corrected chi connectivity index (χ2v) is 9.74. The Hall–Kier alpha value is -5.01. The van der Waals surface area contributed by atoms with Crippen LogP contribution in [0.4, 0.5) is 0 Å². The maximum absolute atomic E-state index is 13.6. The molecule has 0 saturated carbocycles. The molecule has 0 fully saturated rings. The van der Waals surface area contributed by atoms with Gasteiger partial charge >= 0.3 is 0 Å². The van der Waals surface area contributed by atoms with E-state index in [-0.39, 0.29) is 5.78 Å². The van der Waals surface area contributed by atoms with Crippen LogP contribution in [0.15, 0.2) is 145 Å². The van der Waals surface area contributed by atoms with E-state index in [2.05, 4.69) is 103 Å². The van der Waals surface area contributed by atoms with E-state index in [9.17, 15) is 4.79 Å². The number of allylic oxidation sites excluding steroid dienone is 5. The second kappa shape index (κ2) is 9.14. The van der Waals surface area contributed by atoms with E-state index >= 15 is 0 Å². The fourth-order valence-electron chi connectivity index (χ4n) is 5.43. The summed E-state index contributed by atoms with van der Waals surface area (Å²) in [6.45, 7) is 0. The topological polar surface area (TPSA) is 17.1 Å². The molecule has 2 aliphatic rings. The molecule has 178 valence electrons. The zero-order valence-corrected chi connectivity index (χ0v) is 20.8. The summed E-state index contributed by atoms with van der Waals surface area (Å²) < 4.78 is 0. The van der Waals surface area contributed by atoms with Crippen LogP contribution in [-0.4, -0.2) is 5.78 Å². The molecule has 0 heterocycles. The lowest BCUT2D eigenvalue weighted by molar-refractivity contribution is -0.110. The highest BCUT2D eigenvalue weighted by atomic mass is 16.1. The lowest BCUT2D eigenvalue weighted by Crippen LogP contribution is -2.08. The lowest BCUT2D eigenvalue weighted by Gasteiger charge is -2.15. The Kier molecular flexibility index (Phi) is 5.34. The Balaban J connectivity index is 1.16. The van der Waals surface area contributed by atoms with Crippen LogP contribution >= 0.6 is 0 Å². The largest absolute Gasteiger partial charge is 0.289 e. The van der Waals surface area contributed by atoms with Crippen molar-refractivity contribution in [3.8, 4) is 33.4 Å². The number of rotatable bonds is 4. The van der Waals surface area contributed by atoms with Crippen LogP contribution in [-0.2, 0) is 4.79 Å². The van der Waals surface area contributed by atoms with E-state index < -0.39 is 0 Å². The van der Waals surface area contributed by atoms with E-state index in [1.54, 1.807) is 0 Å². The minimum absolute atomic E-state index is 0.0833. The Bertz CT molecular complexity index is 1770. The van der Waals surface area contributed by atoms with Crippen molar-refractivity contribution < 1.29 is 4.79 Å². The van der Waals surface area contributed by atoms with Gasteiger partial charge in [-0.3, -0.25) is 4.79 Å². The summed E-state index contributed by atoms with van der Waals surface area (Å²) in [4.78, 5) is 13.6. The van der Waals surface area contributed by atoms with Gasteiger partial charge in [0.2, 0.25) is 0 Å². The highest BCUT2D eigenvalue weighted by Crippen LogP contribution is 2.42. The number of carbonyl (C=O) groups is 1. The van der Waals surface area contributed by atoms with Gasteiger partial charge in [-0.2, -0.15) is 0 Å². The van der Waals surface area contributed by atoms with Gasteiger partial charge in [0, 0.05) is 11.1 Å². The highest BCUT2D eigenvalue weighted by molar-refractivity contribution is 6.38. The summed E-state index contributed by atoms with van der Waals surface area (Å²) in [6.07, 6.45) is 6.11. The van der Waals surface area contributed by atoms with Crippen molar-refractivity contribution in [2.75, 3.05) is 0 Å². The van der Waals surface area contributed by atoms with Crippen molar-refractivity contribution in [1.82, 2.24) is 0 Å². The van der Waals surface area contributed by atoms with Gasteiger partial charge in [0.1, 0.15) is 0 Å². The summed E-state index contributed by atoms with van der Waals surface area (Å²) in [6, 6.07) is 44.1. The van der Waals surface area contributed by atoms with Gasteiger partial charge in [-0.05, 0) is 73.9 Å². The van der Waals surface area contributed by atoms with Gasteiger partial charge in [0.25, 0.3) is 0 Å². The first-order valence-corrected chi connectivity index (χ1v) is 12.9. The van der Waals surface area contributed by atoms with E-state index in [0.29, 0.717) is 0 Å². The maximum Gasteiger partial charge on any atom is 0.194 e. The van der Waals surface area contributed by atoms with Gasteiger partial charge < -0.3 is 0 Å².